The topological polar surface area (TPSA) is 46.2 Å². The van der Waals surface area contributed by atoms with Crippen LogP contribution in [0, 0.1) is 0 Å². The Morgan fingerprint density at radius 2 is 1.93 bits per heavy atom. The fraction of sp³-hybridized carbons (Fsp3) is 0.250. The van der Waals surface area contributed by atoms with E-state index in [1.807, 2.05) is 0 Å². The molecule has 2 nitrogen and oxygen atoms in total. The van der Waals surface area contributed by atoms with Crippen molar-refractivity contribution in [3.05, 3.63) is 28.3 Å². The van der Waals surface area contributed by atoms with Crippen molar-refractivity contribution in [2.45, 2.75) is 12.8 Å². The van der Waals surface area contributed by atoms with Gasteiger partial charge in [-0.15, -0.1) is 0 Å². The first kappa shape index (κ1) is 11.1. The number of hydrogen-bond acceptors (Lipinski definition) is 2. The summed E-state index contributed by atoms with van der Waals surface area (Å²) in [5.41, 5.74) is 4.03. The van der Waals surface area contributed by atoms with Crippen LogP contribution in [0.3, 0.4) is 0 Å². The van der Waals surface area contributed by atoms with Gasteiger partial charge in [0.05, 0.1) is 17.2 Å². The molecule has 0 unspecified atom stereocenters. The van der Waals surface area contributed by atoms with Gasteiger partial charge in [0, 0.05) is 5.69 Å². The second-order valence-corrected chi connectivity index (χ2v) is 3.10. The fourth-order valence-corrected chi connectivity index (χ4v) is 1.48. The molecule has 0 fully saturated rings. The largest absolute Gasteiger partial charge is 0.418 e. The Hall–Kier alpha value is -0.940. The SMILES string of the molecule is Nc1cc(Cl)c(C(F)(F)F)c(CO)c1. The molecule has 0 atom stereocenters. The van der Waals surface area contributed by atoms with Crippen LogP contribution in [0.1, 0.15) is 11.1 Å². The average Bonchev–Trinajstić information content (AvgIpc) is 1.99. The average molecular weight is 226 g/mol. The molecule has 1 aromatic rings. The lowest BCUT2D eigenvalue weighted by Crippen LogP contribution is -2.11. The first-order valence-electron chi connectivity index (χ1n) is 3.62. The lowest BCUT2D eigenvalue weighted by molar-refractivity contribution is -0.138. The van der Waals surface area contributed by atoms with E-state index < -0.39 is 23.4 Å². The molecule has 78 valence electrons. The molecular weight excluding hydrogens is 219 g/mol. The summed E-state index contributed by atoms with van der Waals surface area (Å²) in [7, 11) is 0. The van der Waals surface area contributed by atoms with Gasteiger partial charge in [-0.25, -0.2) is 0 Å². The number of rotatable bonds is 1. The molecular formula is C8H7ClF3NO. The predicted molar refractivity (Wildman–Crippen MR) is 46.8 cm³/mol. The van der Waals surface area contributed by atoms with Crippen LogP contribution in [-0.2, 0) is 12.8 Å². The fourth-order valence-electron chi connectivity index (χ4n) is 1.13. The summed E-state index contributed by atoms with van der Waals surface area (Å²) >= 11 is 5.39. The van der Waals surface area contributed by atoms with E-state index in [4.69, 9.17) is 22.4 Å². The number of alkyl halides is 3. The van der Waals surface area contributed by atoms with E-state index in [-0.39, 0.29) is 11.3 Å². The maximum atomic E-state index is 12.4. The van der Waals surface area contributed by atoms with Crippen LogP contribution in [0.15, 0.2) is 12.1 Å². The highest BCUT2D eigenvalue weighted by atomic mass is 35.5. The lowest BCUT2D eigenvalue weighted by atomic mass is 10.1. The van der Waals surface area contributed by atoms with Gasteiger partial charge in [0.2, 0.25) is 0 Å². The third-order valence-electron chi connectivity index (χ3n) is 1.65. The monoisotopic (exact) mass is 225 g/mol. The highest BCUT2D eigenvalue weighted by molar-refractivity contribution is 6.31. The maximum absolute atomic E-state index is 12.4. The van der Waals surface area contributed by atoms with E-state index in [0.717, 1.165) is 12.1 Å². The predicted octanol–water partition coefficient (Wildman–Crippen LogP) is 2.43. The number of hydrogen-bond donors (Lipinski definition) is 2. The molecule has 0 aliphatic heterocycles. The Labute approximate surface area is 83.1 Å². The van der Waals surface area contributed by atoms with E-state index in [9.17, 15) is 13.2 Å². The summed E-state index contributed by atoms with van der Waals surface area (Å²) in [4.78, 5) is 0. The molecule has 0 aliphatic carbocycles. The van der Waals surface area contributed by atoms with Crippen LogP contribution < -0.4 is 5.73 Å². The minimum atomic E-state index is -4.58. The molecule has 0 radical (unpaired) electrons. The third kappa shape index (κ3) is 2.10. The van der Waals surface area contributed by atoms with E-state index in [0.29, 0.717) is 0 Å². The molecule has 1 aromatic carbocycles. The molecule has 0 spiro atoms. The number of benzene rings is 1. The molecule has 0 aliphatic rings. The summed E-state index contributed by atoms with van der Waals surface area (Å²) in [5.74, 6) is 0. The van der Waals surface area contributed by atoms with Gasteiger partial charge in [0.25, 0.3) is 0 Å². The van der Waals surface area contributed by atoms with Crippen LogP contribution in [0.4, 0.5) is 18.9 Å². The van der Waals surface area contributed by atoms with E-state index >= 15 is 0 Å². The summed E-state index contributed by atoms with van der Waals surface area (Å²) in [6.07, 6.45) is -4.58. The Kier molecular flexibility index (Phi) is 2.92. The molecule has 3 N–H and O–H groups in total. The van der Waals surface area contributed by atoms with Gasteiger partial charge in [0.1, 0.15) is 0 Å². The second-order valence-electron chi connectivity index (χ2n) is 2.69. The lowest BCUT2D eigenvalue weighted by Gasteiger charge is -2.13. The number of nitrogens with two attached hydrogens (primary N) is 1. The molecule has 0 bridgehead atoms. The Morgan fingerprint density at radius 3 is 2.36 bits per heavy atom. The van der Waals surface area contributed by atoms with Crippen LogP contribution in [0.25, 0.3) is 0 Å². The number of anilines is 1. The normalized spacial score (nSPS) is 11.8. The van der Waals surface area contributed by atoms with Gasteiger partial charge >= 0.3 is 6.18 Å². The van der Waals surface area contributed by atoms with Crippen LogP contribution >= 0.6 is 11.6 Å². The van der Waals surface area contributed by atoms with Crippen LogP contribution in [0.2, 0.25) is 5.02 Å². The number of halogens is 4. The van der Waals surface area contributed by atoms with Crippen molar-refractivity contribution in [1.82, 2.24) is 0 Å². The number of aliphatic hydroxyl groups excluding tert-OH is 1. The van der Waals surface area contributed by atoms with E-state index in [1.54, 1.807) is 0 Å². The molecule has 1 rings (SSSR count). The zero-order valence-electron chi connectivity index (χ0n) is 6.90. The quantitative estimate of drug-likeness (QED) is 0.721. The summed E-state index contributed by atoms with van der Waals surface area (Å²) in [5, 5.41) is 8.22. The van der Waals surface area contributed by atoms with Crippen molar-refractivity contribution < 1.29 is 18.3 Å². The first-order valence-corrected chi connectivity index (χ1v) is 4.00. The minimum absolute atomic E-state index is 0.0899. The van der Waals surface area contributed by atoms with Gasteiger partial charge in [-0.2, -0.15) is 13.2 Å². The van der Waals surface area contributed by atoms with Crippen LogP contribution in [-0.4, -0.2) is 5.11 Å². The number of aliphatic hydroxyl groups is 1. The summed E-state index contributed by atoms with van der Waals surface area (Å²) in [6.45, 7) is -0.750. The molecule has 6 heteroatoms. The van der Waals surface area contributed by atoms with Crippen molar-refractivity contribution in [2.75, 3.05) is 5.73 Å². The molecule has 0 aromatic heterocycles. The van der Waals surface area contributed by atoms with Crippen molar-refractivity contribution in [3.63, 3.8) is 0 Å². The molecule has 0 amide bonds. The standard InChI is InChI=1S/C8H7ClF3NO/c9-6-2-5(13)1-4(3-14)7(6)8(10,11)12/h1-2,14H,3,13H2. The van der Waals surface area contributed by atoms with Gasteiger partial charge in [-0.1, -0.05) is 11.6 Å². The molecule has 0 heterocycles. The second kappa shape index (κ2) is 3.67. The highest BCUT2D eigenvalue weighted by Crippen LogP contribution is 2.38. The van der Waals surface area contributed by atoms with Gasteiger partial charge in [-0.3, -0.25) is 0 Å². The Bertz CT molecular complexity index is 351. The molecule has 14 heavy (non-hydrogen) atoms. The number of nitrogen functional groups attached to an aromatic ring is 1. The van der Waals surface area contributed by atoms with Crippen molar-refractivity contribution in [2.24, 2.45) is 0 Å². The van der Waals surface area contributed by atoms with Crippen molar-refractivity contribution in [1.29, 1.82) is 0 Å². The zero-order chi connectivity index (χ0) is 10.9. The highest BCUT2D eigenvalue weighted by Gasteiger charge is 2.35. The van der Waals surface area contributed by atoms with Crippen molar-refractivity contribution in [3.8, 4) is 0 Å². The Balaban J connectivity index is 3.40. The molecule has 0 saturated heterocycles. The van der Waals surface area contributed by atoms with E-state index in [2.05, 4.69) is 0 Å². The third-order valence-corrected chi connectivity index (χ3v) is 1.95. The maximum Gasteiger partial charge on any atom is 0.418 e. The van der Waals surface area contributed by atoms with Gasteiger partial charge in [-0.05, 0) is 17.7 Å². The summed E-state index contributed by atoms with van der Waals surface area (Å²) in [6, 6.07) is 2.05. The zero-order valence-corrected chi connectivity index (χ0v) is 7.65. The Morgan fingerprint density at radius 1 is 1.36 bits per heavy atom. The van der Waals surface area contributed by atoms with E-state index in [1.165, 1.54) is 0 Å². The van der Waals surface area contributed by atoms with Crippen LogP contribution in [0.5, 0.6) is 0 Å². The van der Waals surface area contributed by atoms with Gasteiger partial charge in [0.15, 0.2) is 0 Å². The van der Waals surface area contributed by atoms with Crippen molar-refractivity contribution >= 4 is 17.3 Å². The first-order chi connectivity index (χ1) is 6.36. The minimum Gasteiger partial charge on any atom is -0.399 e. The summed E-state index contributed by atoms with van der Waals surface area (Å²) < 4.78 is 37.2. The van der Waals surface area contributed by atoms with Gasteiger partial charge < -0.3 is 10.8 Å². The molecule has 0 saturated carbocycles. The smallest absolute Gasteiger partial charge is 0.399 e.